The molecule has 1 aromatic heterocycles. The molecule has 1 amide bonds. The summed E-state index contributed by atoms with van der Waals surface area (Å²) in [5, 5.41) is 0. The van der Waals surface area contributed by atoms with Crippen LogP contribution in [-0.2, 0) is 0 Å². The van der Waals surface area contributed by atoms with Gasteiger partial charge >= 0.3 is 0 Å². The molecule has 1 spiro atoms. The number of nitrogens with one attached hydrogen (secondary N) is 1. The fourth-order valence-corrected chi connectivity index (χ4v) is 4.16. The molecule has 6 heteroatoms. The average Bonchev–Trinajstić information content (AvgIpc) is 2.95. The second-order valence-corrected chi connectivity index (χ2v) is 6.83. The molecule has 24 heavy (non-hydrogen) atoms. The molecule has 2 heterocycles. The molecule has 1 atom stereocenters. The minimum absolute atomic E-state index is 0.123. The number of H-pyrrole nitrogens is 1. The number of carbonyl (C=O) groups excluding carboxylic acids is 1. The molecular formula is C18H18FN3O2. The van der Waals surface area contributed by atoms with Crippen LogP contribution >= 0.6 is 0 Å². The summed E-state index contributed by atoms with van der Waals surface area (Å²) in [5.41, 5.74) is 0.725. The topological polar surface area (TPSA) is 66.1 Å². The molecule has 1 aliphatic heterocycles. The predicted octanol–water partition coefficient (Wildman–Crippen LogP) is 2.13. The van der Waals surface area contributed by atoms with E-state index in [-0.39, 0.29) is 22.9 Å². The summed E-state index contributed by atoms with van der Waals surface area (Å²) in [6, 6.07) is 9.97. The highest BCUT2D eigenvalue weighted by Gasteiger charge is 2.56. The van der Waals surface area contributed by atoms with E-state index < -0.39 is 11.7 Å². The number of halogens is 1. The van der Waals surface area contributed by atoms with Crippen LogP contribution < -0.4 is 5.56 Å². The first-order chi connectivity index (χ1) is 11.6. The van der Waals surface area contributed by atoms with Gasteiger partial charge in [-0.3, -0.25) is 14.6 Å². The molecule has 0 bridgehead atoms. The van der Waals surface area contributed by atoms with Crippen LogP contribution in [0.25, 0.3) is 0 Å². The quantitative estimate of drug-likeness (QED) is 0.919. The van der Waals surface area contributed by atoms with E-state index in [1.807, 2.05) is 30.3 Å². The summed E-state index contributed by atoms with van der Waals surface area (Å²) < 4.78 is 13.6. The molecule has 1 saturated carbocycles. The summed E-state index contributed by atoms with van der Waals surface area (Å²) >= 11 is 0. The van der Waals surface area contributed by atoms with Crippen molar-refractivity contribution in [3.8, 4) is 0 Å². The van der Waals surface area contributed by atoms with E-state index in [0.29, 0.717) is 25.9 Å². The maximum Gasteiger partial charge on any atom is 0.272 e. The zero-order chi connectivity index (χ0) is 16.7. The van der Waals surface area contributed by atoms with E-state index in [2.05, 4.69) is 9.97 Å². The van der Waals surface area contributed by atoms with Crippen LogP contribution in [0.2, 0.25) is 0 Å². The van der Waals surface area contributed by atoms with E-state index in [0.717, 1.165) is 11.8 Å². The highest BCUT2D eigenvalue weighted by atomic mass is 19.1. The van der Waals surface area contributed by atoms with Crippen LogP contribution in [0.3, 0.4) is 0 Å². The van der Waals surface area contributed by atoms with E-state index in [1.165, 1.54) is 6.20 Å². The molecule has 1 saturated heterocycles. The fourth-order valence-electron chi connectivity index (χ4n) is 4.16. The Balaban J connectivity index is 1.63. The lowest BCUT2D eigenvalue weighted by molar-refractivity contribution is 0.0204. The van der Waals surface area contributed by atoms with Crippen LogP contribution in [-0.4, -0.2) is 40.0 Å². The SMILES string of the molecule is O=C(c1cncc(=O)[nH]1)N1CC(c2ccccc2)C2(CC(F)C2)C1. The molecule has 1 aliphatic carbocycles. The third kappa shape index (κ3) is 2.42. The lowest BCUT2D eigenvalue weighted by atomic mass is 9.60. The van der Waals surface area contributed by atoms with Crippen LogP contribution in [0.4, 0.5) is 4.39 Å². The number of aromatic amines is 1. The van der Waals surface area contributed by atoms with Crippen molar-refractivity contribution < 1.29 is 9.18 Å². The van der Waals surface area contributed by atoms with E-state index in [4.69, 9.17) is 0 Å². The zero-order valence-corrected chi connectivity index (χ0v) is 13.1. The average molecular weight is 327 g/mol. The van der Waals surface area contributed by atoms with Gasteiger partial charge in [-0.05, 0) is 18.4 Å². The molecule has 124 valence electrons. The molecule has 4 rings (SSSR count). The number of aromatic nitrogens is 2. The second-order valence-electron chi connectivity index (χ2n) is 6.83. The zero-order valence-electron chi connectivity index (χ0n) is 13.1. The van der Waals surface area contributed by atoms with Crippen LogP contribution in [0.1, 0.15) is 34.8 Å². The maximum absolute atomic E-state index is 13.6. The van der Waals surface area contributed by atoms with Gasteiger partial charge < -0.3 is 9.88 Å². The van der Waals surface area contributed by atoms with Crippen molar-refractivity contribution >= 4 is 5.91 Å². The number of carbonyl (C=O) groups is 1. The van der Waals surface area contributed by atoms with Crippen LogP contribution in [0.5, 0.6) is 0 Å². The van der Waals surface area contributed by atoms with Gasteiger partial charge in [-0.2, -0.15) is 0 Å². The lowest BCUT2D eigenvalue weighted by Gasteiger charge is -2.45. The first kappa shape index (κ1) is 15.1. The third-order valence-electron chi connectivity index (χ3n) is 5.28. The normalized spacial score (nSPS) is 28.8. The number of hydrogen-bond donors (Lipinski definition) is 1. The molecule has 1 aromatic carbocycles. The number of likely N-dealkylation sites (tertiary alicyclic amines) is 1. The molecule has 1 N–H and O–H groups in total. The van der Waals surface area contributed by atoms with Crippen molar-refractivity contribution in [3.05, 3.63) is 64.3 Å². The summed E-state index contributed by atoms with van der Waals surface area (Å²) in [6.45, 7) is 1.05. The lowest BCUT2D eigenvalue weighted by Crippen LogP contribution is -2.44. The molecule has 2 fully saturated rings. The Hall–Kier alpha value is -2.50. The first-order valence-electron chi connectivity index (χ1n) is 8.10. The van der Waals surface area contributed by atoms with Crippen molar-refractivity contribution in [2.45, 2.75) is 24.9 Å². The number of alkyl halides is 1. The number of nitrogens with zero attached hydrogens (tertiary/aromatic N) is 2. The second kappa shape index (κ2) is 5.54. The minimum atomic E-state index is -0.788. The summed E-state index contributed by atoms with van der Waals surface area (Å²) in [7, 11) is 0. The summed E-state index contributed by atoms with van der Waals surface area (Å²) in [5.74, 6) is -0.127. The van der Waals surface area contributed by atoms with Gasteiger partial charge in [-0.1, -0.05) is 30.3 Å². The highest BCUT2D eigenvalue weighted by molar-refractivity contribution is 5.92. The van der Waals surface area contributed by atoms with Crippen LogP contribution in [0, 0.1) is 5.41 Å². The van der Waals surface area contributed by atoms with Gasteiger partial charge in [0.05, 0.1) is 12.4 Å². The predicted molar refractivity (Wildman–Crippen MR) is 86.5 cm³/mol. The summed E-state index contributed by atoms with van der Waals surface area (Å²) in [6.07, 6.45) is 2.68. The molecule has 2 aliphatic rings. The summed E-state index contributed by atoms with van der Waals surface area (Å²) in [4.78, 5) is 32.1. The van der Waals surface area contributed by atoms with Gasteiger partial charge in [-0.25, -0.2) is 4.39 Å². The van der Waals surface area contributed by atoms with Gasteiger partial charge in [0.15, 0.2) is 0 Å². The van der Waals surface area contributed by atoms with E-state index in [9.17, 15) is 14.0 Å². The minimum Gasteiger partial charge on any atom is -0.336 e. The van der Waals surface area contributed by atoms with Crippen molar-refractivity contribution in [3.63, 3.8) is 0 Å². The maximum atomic E-state index is 13.6. The van der Waals surface area contributed by atoms with Crippen molar-refractivity contribution in [2.75, 3.05) is 13.1 Å². The van der Waals surface area contributed by atoms with E-state index in [1.54, 1.807) is 4.90 Å². The monoisotopic (exact) mass is 327 g/mol. The Labute approximate surface area is 138 Å². The van der Waals surface area contributed by atoms with Gasteiger partial charge in [0, 0.05) is 24.4 Å². The van der Waals surface area contributed by atoms with Gasteiger partial charge in [0.25, 0.3) is 11.5 Å². The first-order valence-corrected chi connectivity index (χ1v) is 8.10. The number of rotatable bonds is 2. The fraction of sp³-hybridized carbons (Fsp3) is 0.389. The largest absolute Gasteiger partial charge is 0.336 e. The molecular weight excluding hydrogens is 309 g/mol. The Morgan fingerprint density at radius 1 is 1.25 bits per heavy atom. The highest BCUT2D eigenvalue weighted by Crippen LogP contribution is 2.56. The van der Waals surface area contributed by atoms with Gasteiger partial charge in [0.2, 0.25) is 0 Å². The Bertz CT molecular complexity index is 814. The van der Waals surface area contributed by atoms with E-state index >= 15 is 0 Å². The molecule has 5 nitrogen and oxygen atoms in total. The Kier molecular flexibility index (Phi) is 3.48. The molecule has 1 unspecified atom stereocenters. The number of amides is 1. The molecule has 0 radical (unpaired) electrons. The number of benzene rings is 1. The molecule has 2 aromatic rings. The smallest absolute Gasteiger partial charge is 0.272 e. The Morgan fingerprint density at radius 2 is 2.00 bits per heavy atom. The third-order valence-corrected chi connectivity index (χ3v) is 5.28. The number of hydrogen-bond acceptors (Lipinski definition) is 3. The van der Waals surface area contributed by atoms with Crippen molar-refractivity contribution in [2.24, 2.45) is 5.41 Å². The standard InChI is InChI=1S/C18H18FN3O2/c19-13-6-18(7-13)11-22(10-14(18)12-4-2-1-3-5-12)17(24)15-8-20-9-16(23)21-15/h1-5,8-9,13-14H,6-7,10-11H2,(H,21,23). The van der Waals surface area contributed by atoms with Gasteiger partial charge in [-0.15, -0.1) is 0 Å². The van der Waals surface area contributed by atoms with Crippen molar-refractivity contribution in [1.29, 1.82) is 0 Å². The van der Waals surface area contributed by atoms with Crippen molar-refractivity contribution in [1.82, 2.24) is 14.9 Å². The Morgan fingerprint density at radius 3 is 2.67 bits per heavy atom. The van der Waals surface area contributed by atoms with Crippen LogP contribution in [0.15, 0.2) is 47.5 Å². The van der Waals surface area contributed by atoms with Gasteiger partial charge in [0.1, 0.15) is 11.9 Å².